The van der Waals surface area contributed by atoms with E-state index in [1.165, 1.54) is 0 Å². The molecular weight excluding hydrogens is 318 g/mol. The van der Waals surface area contributed by atoms with Crippen molar-refractivity contribution >= 4 is 21.7 Å². The highest BCUT2D eigenvalue weighted by Gasteiger charge is 2.26. The molecule has 1 aliphatic heterocycles. The second kappa shape index (κ2) is 5.58. The molecule has 4 nitrogen and oxygen atoms in total. The first-order valence-electron chi connectivity index (χ1n) is 6.83. The van der Waals surface area contributed by atoms with Gasteiger partial charge in [-0.3, -0.25) is 4.68 Å². The molecule has 0 spiro atoms. The van der Waals surface area contributed by atoms with E-state index in [9.17, 15) is 0 Å². The molecule has 1 fully saturated rings. The quantitative estimate of drug-likeness (QED) is 0.915. The Morgan fingerprint density at radius 2 is 2.20 bits per heavy atom. The minimum Gasteiger partial charge on any atom is -0.383 e. The van der Waals surface area contributed by atoms with Gasteiger partial charge in [0.25, 0.3) is 0 Å². The first kappa shape index (κ1) is 13.6. The highest BCUT2D eigenvalue weighted by molar-refractivity contribution is 9.10. The Kier molecular flexibility index (Phi) is 3.81. The van der Waals surface area contributed by atoms with Crippen molar-refractivity contribution < 1.29 is 4.74 Å². The average molecular weight is 336 g/mol. The van der Waals surface area contributed by atoms with Crippen molar-refractivity contribution in [1.29, 1.82) is 0 Å². The summed E-state index contributed by atoms with van der Waals surface area (Å²) in [6.45, 7) is 1.58. The summed E-state index contributed by atoms with van der Waals surface area (Å²) >= 11 is 3.61. The van der Waals surface area contributed by atoms with Crippen molar-refractivity contribution in [3.8, 4) is 11.1 Å². The highest BCUT2D eigenvalue weighted by Crippen LogP contribution is 2.39. The molecule has 1 aromatic carbocycles. The van der Waals surface area contributed by atoms with Gasteiger partial charge >= 0.3 is 0 Å². The van der Waals surface area contributed by atoms with Gasteiger partial charge in [-0.2, -0.15) is 5.10 Å². The number of hydrogen-bond acceptors (Lipinski definition) is 3. The van der Waals surface area contributed by atoms with E-state index in [1.807, 2.05) is 25.2 Å². The minimum atomic E-state index is 0.328. The maximum absolute atomic E-state index is 6.25. The van der Waals surface area contributed by atoms with Crippen LogP contribution in [0.5, 0.6) is 0 Å². The van der Waals surface area contributed by atoms with Crippen LogP contribution in [-0.2, 0) is 11.8 Å². The molecule has 0 radical (unpaired) electrons. The fraction of sp³-hybridized carbons (Fsp3) is 0.400. The molecule has 1 aromatic heterocycles. The predicted molar refractivity (Wildman–Crippen MR) is 83.6 cm³/mol. The summed E-state index contributed by atoms with van der Waals surface area (Å²) in [4.78, 5) is 0. The standard InChI is InChI=1S/C15H18BrN3O/c1-19-15(17)13(11-6-2-3-7-12(11)16)14(18-19)10-5-4-8-20-9-10/h2-3,6-7,10H,4-5,8-9,17H2,1H3. The number of aromatic nitrogens is 2. The number of anilines is 1. The summed E-state index contributed by atoms with van der Waals surface area (Å²) in [5.74, 6) is 1.03. The molecule has 1 atom stereocenters. The predicted octanol–water partition coefficient (Wildman–Crippen LogP) is 3.33. The summed E-state index contributed by atoms with van der Waals surface area (Å²) in [6.07, 6.45) is 2.18. The molecule has 0 aliphatic carbocycles. The number of ether oxygens (including phenoxy) is 1. The van der Waals surface area contributed by atoms with Gasteiger partial charge in [-0.25, -0.2) is 0 Å². The van der Waals surface area contributed by atoms with Crippen molar-refractivity contribution in [2.75, 3.05) is 18.9 Å². The van der Waals surface area contributed by atoms with Crippen LogP contribution in [0, 0.1) is 0 Å². The van der Waals surface area contributed by atoms with Gasteiger partial charge < -0.3 is 10.5 Å². The van der Waals surface area contributed by atoms with Crippen LogP contribution in [0.25, 0.3) is 11.1 Å². The van der Waals surface area contributed by atoms with E-state index in [4.69, 9.17) is 10.5 Å². The van der Waals surface area contributed by atoms with Gasteiger partial charge in [0.1, 0.15) is 5.82 Å². The zero-order valence-corrected chi connectivity index (χ0v) is 13.1. The summed E-state index contributed by atoms with van der Waals surface area (Å²) in [5.41, 5.74) is 9.44. The van der Waals surface area contributed by atoms with Crippen LogP contribution in [-0.4, -0.2) is 23.0 Å². The number of hydrogen-bond donors (Lipinski definition) is 1. The molecule has 3 rings (SSSR count). The van der Waals surface area contributed by atoms with E-state index in [0.29, 0.717) is 11.7 Å². The monoisotopic (exact) mass is 335 g/mol. The zero-order chi connectivity index (χ0) is 14.1. The Hall–Kier alpha value is -1.33. The van der Waals surface area contributed by atoms with Gasteiger partial charge in [-0.1, -0.05) is 34.1 Å². The number of halogens is 1. The lowest BCUT2D eigenvalue weighted by Crippen LogP contribution is -2.16. The van der Waals surface area contributed by atoms with E-state index >= 15 is 0 Å². The van der Waals surface area contributed by atoms with Crippen molar-refractivity contribution in [2.24, 2.45) is 7.05 Å². The van der Waals surface area contributed by atoms with Crippen LogP contribution < -0.4 is 5.73 Å². The molecule has 0 bridgehead atoms. The second-order valence-electron chi connectivity index (χ2n) is 5.16. The molecule has 0 amide bonds. The Morgan fingerprint density at radius 3 is 2.90 bits per heavy atom. The number of nitrogens with two attached hydrogens (primary N) is 1. The maximum Gasteiger partial charge on any atom is 0.129 e. The fourth-order valence-electron chi connectivity index (χ4n) is 2.74. The lowest BCUT2D eigenvalue weighted by molar-refractivity contribution is 0.0793. The minimum absolute atomic E-state index is 0.328. The summed E-state index contributed by atoms with van der Waals surface area (Å²) < 4.78 is 8.41. The van der Waals surface area contributed by atoms with Crippen molar-refractivity contribution in [2.45, 2.75) is 18.8 Å². The number of benzene rings is 1. The third-order valence-electron chi connectivity index (χ3n) is 3.81. The SMILES string of the molecule is Cn1nc(C2CCCOC2)c(-c2ccccc2Br)c1N. The molecule has 20 heavy (non-hydrogen) atoms. The first-order chi connectivity index (χ1) is 9.68. The van der Waals surface area contributed by atoms with E-state index in [0.717, 1.165) is 47.3 Å². The lowest BCUT2D eigenvalue weighted by atomic mass is 9.92. The van der Waals surface area contributed by atoms with Crippen LogP contribution in [0.2, 0.25) is 0 Å². The van der Waals surface area contributed by atoms with Gasteiger partial charge in [-0.05, 0) is 18.9 Å². The largest absolute Gasteiger partial charge is 0.383 e. The van der Waals surface area contributed by atoms with E-state index in [2.05, 4.69) is 27.1 Å². The molecular formula is C15H18BrN3O. The first-order valence-corrected chi connectivity index (χ1v) is 7.62. The lowest BCUT2D eigenvalue weighted by Gasteiger charge is -2.21. The highest BCUT2D eigenvalue weighted by atomic mass is 79.9. The van der Waals surface area contributed by atoms with Crippen LogP contribution in [0.3, 0.4) is 0 Å². The molecule has 5 heteroatoms. The summed E-state index contributed by atoms with van der Waals surface area (Å²) in [6, 6.07) is 8.13. The maximum atomic E-state index is 6.25. The van der Waals surface area contributed by atoms with Crippen molar-refractivity contribution in [1.82, 2.24) is 9.78 Å². The van der Waals surface area contributed by atoms with Gasteiger partial charge in [0.2, 0.25) is 0 Å². The van der Waals surface area contributed by atoms with E-state index in [1.54, 1.807) is 4.68 Å². The summed E-state index contributed by atoms with van der Waals surface area (Å²) in [7, 11) is 1.89. The van der Waals surface area contributed by atoms with Gasteiger partial charge in [0.15, 0.2) is 0 Å². The average Bonchev–Trinajstić information content (AvgIpc) is 2.77. The Bertz CT molecular complexity index is 618. The number of aryl methyl sites for hydroxylation is 1. The van der Waals surface area contributed by atoms with Gasteiger partial charge in [-0.15, -0.1) is 0 Å². The smallest absolute Gasteiger partial charge is 0.129 e. The third kappa shape index (κ3) is 2.36. The third-order valence-corrected chi connectivity index (χ3v) is 4.50. The van der Waals surface area contributed by atoms with E-state index < -0.39 is 0 Å². The Balaban J connectivity index is 2.12. The van der Waals surface area contributed by atoms with Crippen LogP contribution in [0.15, 0.2) is 28.7 Å². The van der Waals surface area contributed by atoms with Crippen LogP contribution >= 0.6 is 15.9 Å². The molecule has 2 N–H and O–H groups in total. The molecule has 2 heterocycles. The fourth-order valence-corrected chi connectivity index (χ4v) is 3.22. The molecule has 106 valence electrons. The van der Waals surface area contributed by atoms with Crippen molar-refractivity contribution in [3.05, 3.63) is 34.4 Å². The topological polar surface area (TPSA) is 53.1 Å². The molecule has 0 saturated carbocycles. The van der Waals surface area contributed by atoms with E-state index in [-0.39, 0.29) is 0 Å². The van der Waals surface area contributed by atoms with Crippen LogP contribution in [0.4, 0.5) is 5.82 Å². The molecule has 2 aromatic rings. The number of nitrogens with zero attached hydrogens (tertiary/aromatic N) is 2. The zero-order valence-electron chi connectivity index (χ0n) is 11.5. The van der Waals surface area contributed by atoms with Gasteiger partial charge in [0.05, 0.1) is 12.3 Å². The Labute approximate surface area is 127 Å². The molecule has 1 unspecified atom stereocenters. The van der Waals surface area contributed by atoms with Crippen LogP contribution in [0.1, 0.15) is 24.5 Å². The molecule has 1 aliphatic rings. The second-order valence-corrected chi connectivity index (χ2v) is 6.02. The number of nitrogen functional groups attached to an aromatic ring is 1. The number of rotatable bonds is 2. The normalized spacial score (nSPS) is 19.2. The Morgan fingerprint density at radius 1 is 1.40 bits per heavy atom. The van der Waals surface area contributed by atoms with Gasteiger partial charge in [0, 0.05) is 35.2 Å². The summed E-state index contributed by atoms with van der Waals surface area (Å²) in [5, 5.41) is 4.64. The van der Waals surface area contributed by atoms with Crippen molar-refractivity contribution in [3.63, 3.8) is 0 Å². The molecule has 1 saturated heterocycles.